The molecule has 0 radical (unpaired) electrons. The Bertz CT molecular complexity index is 617. The number of hydrogen-bond donors (Lipinski definition) is 1. The van der Waals surface area contributed by atoms with Gasteiger partial charge in [-0.25, -0.2) is 13.2 Å². The Morgan fingerprint density at radius 3 is 2.55 bits per heavy atom. The predicted molar refractivity (Wildman–Crippen MR) is 76.2 cm³/mol. The van der Waals surface area contributed by atoms with Crippen LogP contribution in [-0.2, 0) is 14.8 Å². The van der Waals surface area contributed by atoms with Crippen molar-refractivity contribution in [2.24, 2.45) is 0 Å². The Morgan fingerprint density at radius 1 is 1.45 bits per heavy atom. The summed E-state index contributed by atoms with van der Waals surface area (Å²) in [4.78, 5) is 14.7. The molecule has 0 bridgehead atoms. The number of nitrogens with zero attached hydrogens (tertiary/aromatic N) is 1. The topological polar surface area (TPSA) is 79.5 Å². The molecule has 0 saturated carbocycles. The van der Waals surface area contributed by atoms with Crippen molar-refractivity contribution in [3.63, 3.8) is 0 Å². The van der Waals surface area contributed by atoms with Gasteiger partial charge in [-0.05, 0) is 20.8 Å². The van der Waals surface area contributed by atoms with Gasteiger partial charge in [-0.3, -0.25) is 0 Å². The van der Waals surface area contributed by atoms with Gasteiger partial charge in [-0.1, -0.05) is 6.08 Å². The Morgan fingerprint density at radius 2 is 2.05 bits per heavy atom. The fourth-order valence-electron chi connectivity index (χ4n) is 1.96. The minimum Gasteiger partial charge on any atom is -0.461 e. The molecule has 0 unspecified atom stereocenters. The monoisotopic (exact) mass is 300 g/mol. The number of aromatic amines is 1. The number of esters is 1. The van der Waals surface area contributed by atoms with Gasteiger partial charge in [0.05, 0.1) is 6.61 Å². The molecule has 1 aromatic rings. The molecule has 0 fully saturated rings. The van der Waals surface area contributed by atoms with Gasteiger partial charge < -0.3 is 9.72 Å². The molecule has 0 aliphatic heterocycles. The molecule has 0 spiro atoms. The van der Waals surface area contributed by atoms with Crippen LogP contribution < -0.4 is 0 Å². The zero-order valence-corrected chi connectivity index (χ0v) is 13.0. The van der Waals surface area contributed by atoms with Gasteiger partial charge in [0, 0.05) is 24.8 Å². The van der Waals surface area contributed by atoms with Crippen LogP contribution in [-0.4, -0.2) is 43.9 Å². The molecule has 0 aliphatic rings. The molecule has 0 saturated heterocycles. The first-order valence-corrected chi connectivity index (χ1v) is 7.64. The number of carbonyl (C=O) groups is 1. The molecular weight excluding hydrogens is 280 g/mol. The van der Waals surface area contributed by atoms with Crippen molar-refractivity contribution >= 4 is 16.0 Å². The van der Waals surface area contributed by atoms with Gasteiger partial charge in [0.25, 0.3) is 0 Å². The number of nitrogens with one attached hydrogen (secondary N) is 1. The molecular formula is C13H20N2O4S. The summed E-state index contributed by atoms with van der Waals surface area (Å²) in [6.45, 7) is 8.85. The molecule has 20 heavy (non-hydrogen) atoms. The Labute approximate surface area is 119 Å². The lowest BCUT2D eigenvalue weighted by atomic mass is 10.2. The van der Waals surface area contributed by atoms with E-state index >= 15 is 0 Å². The fraction of sp³-hybridized carbons (Fsp3) is 0.462. The number of sulfonamides is 1. The van der Waals surface area contributed by atoms with Gasteiger partial charge in [0.15, 0.2) is 0 Å². The Balaban J connectivity index is 3.34. The molecule has 6 nitrogen and oxygen atoms in total. The van der Waals surface area contributed by atoms with Crippen molar-refractivity contribution in [3.8, 4) is 0 Å². The molecule has 1 heterocycles. The number of ether oxygens (including phenoxy) is 1. The number of aromatic nitrogens is 1. The highest BCUT2D eigenvalue weighted by molar-refractivity contribution is 7.89. The molecule has 0 aromatic carbocycles. The van der Waals surface area contributed by atoms with E-state index in [0.717, 1.165) is 0 Å². The average Bonchev–Trinajstić information content (AvgIpc) is 2.65. The third kappa shape index (κ3) is 2.94. The maximum Gasteiger partial charge on any atom is 0.355 e. The smallest absolute Gasteiger partial charge is 0.355 e. The van der Waals surface area contributed by atoms with E-state index in [0.29, 0.717) is 11.3 Å². The predicted octanol–water partition coefficient (Wildman–Crippen LogP) is 1.61. The number of likely N-dealkylation sites (N-methyl/N-ethyl adjacent to an activating group) is 1. The van der Waals surface area contributed by atoms with Crippen LogP contribution >= 0.6 is 0 Å². The first kappa shape index (κ1) is 16.5. The van der Waals surface area contributed by atoms with Crippen molar-refractivity contribution in [3.05, 3.63) is 29.6 Å². The fourth-order valence-corrected chi connectivity index (χ4v) is 3.50. The van der Waals surface area contributed by atoms with Crippen molar-refractivity contribution < 1.29 is 17.9 Å². The van der Waals surface area contributed by atoms with Crippen LogP contribution in [0.5, 0.6) is 0 Å². The molecule has 7 heteroatoms. The second kappa shape index (κ2) is 6.23. The second-order valence-electron chi connectivity index (χ2n) is 4.37. The summed E-state index contributed by atoms with van der Waals surface area (Å²) in [5.74, 6) is -0.555. The lowest BCUT2D eigenvalue weighted by Gasteiger charge is -2.15. The minimum atomic E-state index is -3.67. The van der Waals surface area contributed by atoms with Crippen LogP contribution in [0.4, 0.5) is 0 Å². The first-order valence-electron chi connectivity index (χ1n) is 6.20. The van der Waals surface area contributed by atoms with E-state index in [1.54, 1.807) is 20.8 Å². The highest BCUT2D eigenvalue weighted by Crippen LogP contribution is 2.26. The standard InChI is InChI=1S/C13H20N2O4S/c1-6-8-15(5)20(17,18)12-9(3)11(14-10(12)4)13(16)19-7-2/h6,14H,1,7-8H2,2-5H3. The molecule has 1 rings (SSSR count). The molecule has 1 aromatic heterocycles. The van der Waals surface area contributed by atoms with Gasteiger partial charge >= 0.3 is 5.97 Å². The lowest BCUT2D eigenvalue weighted by Crippen LogP contribution is -2.27. The Kier molecular flexibility index (Phi) is 5.13. The van der Waals surface area contributed by atoms with Crippen molar-refractivity contribution in [2.45, 2.75) is 25.7 Å². The molecule has 0 aliphatic carbocycles. The summed E-state index contributed by atoms with van der Waals surface area (Å²) >= 11 is 0. The van der Waals surface area contributed by atoms with Crippen LogP contribution in [0.1, 0.15) is 28.7 Å². The third-order valence-corrected chi connectivity index (χ3v) is 5.00. The molecule has 0 amide bonds. The van der Waals surface area contributed by atoms with Crippen LogP contribution in [0, 0.1) is 13.8 Å². The van der Waals surface area contributed by atoms with Crippen LogP contribution in [0.25, 0.3) is 0 Å². The largest absolute Gasteiger partial charge is 0.461 e. The van der Waals surface area contributed by atoms with E-state index in [1.165, 1.54) is 17.4 Å². The molecule has 112 valence electrons. The second-order valence-corrected chi connectivity index (χ2v) is 6.36. The SMILES string of the molecule is C=CCN(C)S(=O)(=O)c1c(C)[nH]c(C(=O)OCC)c1C. The summed E-state index contributed by atoms with van der Waals surface area (Å²) in [5, 5.41) is 0. The number of carbonyl (C=O) groups excluding carboxylic acids is 1. The van der Waals surface area contributed by atoms with E-state index in [1.807, 2.05) is 0 Å². The lowest BCUT2D eigenvalue weighted by molar-refractivity contribution is 0.0519. The average molecular weight is 300 g/mol. The van der Waals surface area contributed by atoms with Crippen LogP contribution in [0.3, 0.4) is 0 Å². The summed E-state index contributed by atoms with van der Waals surface area (Å²) < 4.78 is 31.0. The van der Waals surface area contributed by atoms with Gasteiger partial charge in [0.2, 0.25) is 10.0 Å². The van der Waals surface area contributed by atoms with Crippen molar-refractivity contribution in [2.75, 3.05) is 20.2 Å². The zero-order chi connectivity index (χ0) is 15.5. The van der Waals surface area contributed by atoms with E-state index in [2.05, 4.69) is 11.6 Å². The van der Waals surface area contributed by atoms with E-state index < -0.39 is 16.0 Å². The summed E-state index contributed by atoms with van der Waals surface area (Å²) in [6.07, 6.45) is 1.50. The van der Waals surface area contributed by atoms with Gasteiger partial charge in [0.1, 0.15) is 10.6 Å². The number of H-pyrrole nitrogens is 1. The normalized spacial score (nSPS) is 11.7. The maximum atomic E-state index is 12.5. The van der Waals surface area contributed by atoms with Gasteiger partial charge in [-0.2, -0.15) is 4.31 Å². The zero-order valence-electron chi connectivity index (χ0n) is 12.2. The number of rotatable bonds is 6. The first-order chi connectivity index (χ1) is 9.27. The number of aryl methyl sites for hydroxylation is 1. The summed E-state index contributed by atoms with van der Waals surface area (Å²) in [7, 11) is -2.20. The highest BCUT2D eigenvalue weighted by atomic mass is 32.2. The third-order valence-electron chi connectivity index (χ3n) is 2.90. The van der Waals surface area contributed by atoms with Crippen LogP contribution in [0.15, 0.2) is 17.6 Å². The summed E-state index contributed by atoms with van der Waals surface area (Å²) in [6, 6.07) is 0. The summed E-state index contributed by atoms with van der Waals surface area (Å²) in [5.41, 5.74) is 0.966. The van der Waals surface area contributed by atoms with Crippen molar-refractivity contribution in [1.29, 1.82) is 0 Å². The molecule has 0 atom stereocenters. The minimum absolute atomic E-state index is 0.116. The molecule has 1 N–H and O–H groups in total. The van der Waals surface area contributed by atoms with E-state index in [9.17, 15) is 13.2 Å². The Hall–Kier alpha value is -1.60. The van der Waals surface area contributed by atoms with E-state index in [4.69, 9.17) is 4.74 Å². The number of hydrogen-bond acceptors (Lipinski definition) is 4. The highest BCUT2D eigenvalue weighted by Gasteiger charge is 2.29. The quantitative estimate of drug-likeness (QED) is 0.639. The van der Waals surface area contributed by atoms with Crippen molar-refractivity contribution in [1.82, 2.24) is 9.29 Å². The van der Waals surface area contributed by atoms with Gasteiger partial charge in [-0.15, -0.1) is 6.58 Å². The van der Waals surface area contributed by atoms with Crippen LogP contribution in [0.2, 0.25) is 0 Å². The van der Waals surface area contributed by atoms with E-state index in [-0.39, 0.29) is 23.7 Å². The maximum absolute atomic E-state index is 12.5.